The number of piperazine rings is 1. The highest BCUT2D eigenvalue weighted by atomic mass is 79.9. The summed E-state index contributed by atoms with van der Waals surface area (Å²) in [7, 11) is 1.62. The van der Waals surface area contributed by atoms with Crippen LogP contribution in [0.25, 0.3) is 0 Å². The average molecular weight is 313 g/mol. The molecule has 0 spiro atoms. The summed E-state index contributed by atoms with van der Waals surface area (Å²) in [6.07, 6.45) is 0. The molecule has 2 rings (SSSR count). The van der Waals surface area contributed by atoms with E-state index in [4.69, 9.17) is 0 Å². The number of aliphatic carboxylic acids is 1. The first-order chi connectivity index (χ1) is 8.49. The molecular formula is C12H13BrN2O3. The van der Waals surface area contributed by atoms with E-state index in [-0.39, 0.29) is 19.0 Å². The number of amides is 1. The van der Waals surface area contributed by atoms with Crippen molar-refractivity contribution in [2.75, 3.05) is 25.0 Å². The number of carboxylic acid groups (broad SMARTS) is 1. The molecule has 1 aromatic carbocycles. The van der Waals surface area contributed by atoms with Gasteiger partial charge in [0.05, 0.1) is 13.1 Å². The largest absolute Gasteiger partial charge is 0.480 e. The number of carbonyl (C=O) groups excluding carboxylic acids is 1. The molecule has 18 heavy (non-hydrogen) atoms. The normalized spacial score (nSPS) is 20.1. The number of nitrogens with zero attached hydrogens (tertiary/aromatic N) is 2. The number of benzene rings is 1. The second-order valence-corrected chi connectivity index (χ2v) is 5.15. The SMILES string of the molecule is CN1CC(C(=O)O)N(c2ccc(Br)cc2)CC1=O. The van der Waals surface area contributed by atoms with Gasteiger partial charge in [-0.1, -0.05) is 15.9 Å². The average Bonchev–Trinajstić information content (AvgIpc) is 2.33. The van der Waals surface area contributed by atoms with Crippen LogP contribution in [0.2, 0.25) is 0 Å². The second-order valence-electron chi connectivity index (χ2n) is 4.23. The Morgan fingerprint density at radius 1 is 1.39 bits per heavy atom. The fourth-order valence-electron chi connectivity index (χ4n) is 1.95. The van der Waals surface area contributed by atoms with Gasteiger partial charge in [0.25, 0.3) is 0 Å². The number of rotatable bonds is 2. The molecule has 1 saturated heterocycles. The van der Waals surface area contributed by atoms with Crippen LogP contribution >= 0.6 is 15.9 Å². The van der Waals surface area contributed by atoms with Crippen LogP contribution in [0.15, 0.2) is 28.7 Å². The first-order valence-corrected chi connectivity index (χ1v) is 6.27. The Morgan fingerprint density at radius 3 is 2.56 bits per heavy atom. The van der Waals surface area contributed by atoms with E-state index in [1.165, 1.54) is 4.90 Å². The summed E-state index contributed by atoms with van der Waals surface area (Å²) in [5.74, 6) is -0.993. The summed E-state index contributed by atoms with van der Waals surface area (Å²) >= 11 is 3.32. The van der Waals surface area contributed by atoms with Crippen molar-refractivity contribution in [2.24, 2.45) is 0 Å². The van der Waals surface area contributed by atoms with Crippen LogP contribution in [0, 0.1) is 0 Å². The van der Waals surface area contributed by atoms with Gasteiger partial charge >= 0.3 is 5.97 Å². The lowest BCUT2D eigenvalue weighted by molar-refractivity contribution is -0.141. The molecule has 5 nitrogen and oxygen atoms in total. The molecule has 1 aliphatic rings. The van der Waals surface area contributed by atoms with Crippen LogP contribution in [0.5, 0.6) is 0 Å². The summed E-state index contributed by atoms with van der Waals surface area (Å²) in [4.78, 5) is 26.0. The van der Waals surface area contributed by atoms with Crippen molar-refractivity contribution in [3.8, 4) is 0 Å². The molecule has 1 unspecified atom stereocenters. The highest BCUT2D eigenvalue weighted by molar-refractivity contribution is 9.10. The Balaban J connectivity index is 2.30. The summed E-state index contributed by atoms with van der Waals surface area (Å²) in [5.41, 5.74) is 0.743. The number of carbonyl (C=O) groups is 2. The van der Waals surface area contributed by atoms with E-state index in [0.717, 1.165) is 10.2 Å². The third-order valence-electron chi connectivity index (χ3n) is 3.00. The molecule has 0 saturated carbocycles. The van der Waals surface area contributed by atoms with Crippen LogP contribution in [0.1, 0.15) is 0 Å². The Labute approximate surface area is 113 Å². The van der Waals surface area contributed by atoms with E-state index < -0.39 is 12.0 Å². The fraction of sp³-hybridized carbons (Fsp3) is 0.333. The number of anilines is 1. The topological polar surface area (TPSA) is 60.9 Å². The van der Waals surface area contributed by atoms with Crippen LogP contribution in [-0.4, -0.2) is 48.1 Å². The molecular weight excluding hydrogens is 300 g/mol. The lowest BCUT2D eigenvalue weighted by atomic mass is 10.1. The van der Waals surface area contributed by atoms with Crippen LogP contribution in [0.4, 0.5) is 5.69 Å². The molecule has 0 aromatic heterocycles. The van der Waals surface area contributed by atoms with Gasteiger partial charge in [-0.3, -0.25) is 4.79 Å². The third-order valence-corrected chi connectivity index (χ3v) is 3.53. The van der Waals surface area contributed by atoms with Crippen molar-refractivity contribution in [1.82, 2.24) is 4.90 Å². The summed E-state index contributed by atoms with van der Waals surface area (Å²) in [6, 6.07) is 6.57. The monoisotopic (exact) mass is 312 g/mol. The van der Waals surface area contributed by atoms with Crippen LogP contribution in [-0.2, 0) is 9.59 Å². The molecule has 0 bridgehead atoms. The molecule has 1 fully saturated rings. The quantitative estimate of drug-likeness (QED) is 0.891. The van der Waals surface area contributed by atoms with E-state index in [9.17, 15) is 14.7 Å². The highest BCUT2D eigenvalue weighted by Gasteiger charge is 2.34. The molecule has 1 N–H and O–H groups in total. The predicted molar refractivity (Wildman–Crippen MR) is 70.5 cm³/mol. The molecule has 0 aliphatic carbocycles. The van der Waals surface area contributed by atoms with E-state index >= 15 is 0 Å². The number of halogens is 1. The van der Waals surface area contributed by atoms with Crippen molar-refractivity contribution in [3.63, 3.8) is 0 Å². The zero-order valence-electron chi connectivity index (χ0n) is 9.84. The molecule has 1 amide bonds. The molecule has 0 radical (unpaired) electrons. The molecule has 1 aromatic rings. The van der Waals surface area contributed by atoms with Crippen LogP contribution in [0.3, 0.4) is 0 Å². The lowest BCUT2D eigenvalue weighted by Crippen LogP contribution is -2.58. The smallest absolute Gasteiger partial charge is 0.328 e. The molecule has 1 aliphatic heterocycles. The number of carboxylic acids is 1. The van der Waals surface area contributed by atoms with E-state index in [1.807, 2.05) is 12.1 Å². The molecule has 6 heteroatoms. The maximum absolute atomic E-state index is 11.7. The fourth-order valence-corrected chi connectivity index (χ4v) is 2.22. The van der Waals surface area contributed by atoms with Crippen molar-refractivity contribution < 1.29 is 14.7 Å². The summed E-state index contributed by atoms with van der Waals surface area (Å²) in [5, 5.41) is 9.24. The number of hydrogen-bond donors (Lipinski definition) is 1. The van der Waals surface area contributed by atoms with E-state index in [2.05, 4.69) is 15.9 Å². The first-order valence-electron chi connectivity index (χ1n) is 5.48. The van der Waals surface area contributed by atoms with Gasteiger partial charge in [0.15, 0.2) is 0 Å². The first kappa shape index (κ1) is 12.9. The zero-order chi connectivity index (χ0) is 13.3. The standard InChI is InChI=1S/C12H13BrN2O3/c1-14-6-10(12(17)18)15(7-11(14)16)9-4-2-8(13)3-5-9/h2-5,10H,6-7H2,1H3,(H,17,18). The second kappa shape index (κ2) is 4.97. The number of hydrogen-bond acceptors (Lipinski definition) is 3. The van der Waals surface area contributed by atoms with E-state index in [0.29, 0.717) is 0 Å². The van der Waals surface area contributed by atoms with Crippen molar-refractivity contribution in [1.29, 1.82) is 0 Å². The van der Waals surface area contributed by atoms with Crippen molar-refractivity contribution >= 4 is 33.5 Å². The minimum atomic E-state index is -0.919. The minimum Gasteiger partial charge on any atom is -0.480 e. The van der Waals surface area contributed by atoms with Gasteiger partial charge in [-0.05, 0) is 24.3 Å². The Kier molecular flexibility index (Phi) is 3.56. The Hall–Kier alpha value is -1.56. The van der Waals surface area contributed by atoms with E-state index in [1.54, 1.807) is 24.1 Å². The van der Waals surface area contributed by atoms with Crippen molar-refractivity contribution in [3.05, 3.63) is 28.7 Å². The van der Waals surface area contributed by atoms with Gasteiger partial charge in [0.1, 0.15) is 6.04 Å². The maximum Gasteiger partial charge on any atom is 0.328 e. The minimum absolute atomic E-state index is 0.0737. The molecule has 1 heterocycles. The number of likely N-dealkylation sites (N-methyl/N-ethyl adjacent to an activating group) is 1. The highest BCUT2D eigenvalue weighted by Crippen LogP contribution is 2.23. The van der Waals surface area contributed by atoms with Gasteiger partial charge in [-0.2, -0.15) is 0 Å². The maximum atomic E-state index is 11.7. The van der Waals surface area contributed by atoms with Gasteiger partial charge in [-0.15, -0.1) is 0 Å². The summed E-state index contributed by atoms with van der Waals surface area (Å²) in [6.45, 7) is 0.291. The third kappa shape index (κ3) is 2.48. The summed E-state index contributed by atoms with van der Waals surface area (Å²) < 4.78 is 0.915. The lowest BCUT2D eigenvalue weighted by Gasteiger charge is -2.38. The van der Waals surface area contributed by atoms with Gasteiger partial charge < -0.3 is 14.9 Å². The molecule has 96 valence electrons. The van der Waals surface area contributed by atoms with Gasteiger partial charge in [-0.25, -0.2) is 4.79 Å². The van der Waals surface area contributed by atoms with Gasteiger partial charge in [0, 0.05) is 17.2 Å². The molecule has 1 atom stereocenters. The van der Waals surface area contributed by atoms with Crippen molar-refractivity contribution in [2.45, 2.75) is 6.04 Å². The Bertz CT molecular complexity index is 475. The predicted octanol–water partition coefficient (Wildman–Crippen LogP) is 1.18. The van der Waals surface area contributed by atoms with Crippen LogP contribution < -0.4 is 4.90 Å². The van der Waals surface area contributed by atoms with Gasteiger partial charge in [0.2, 0.25) is 5.91 Å². The zero-order valence-corrected chi connectivity index (χ0v) is 11.4. The Morgan fingerprint density at radius 2 is 2.00 bits per heavy atom.